The molecule has 0 rings (SSSR count). The molecule has 4 heteroatoms. The van der Waals surface area contributed by atoms with Crippen LogP contribution in [0.15, 0.2) is 0 Å². The molecule has 66 valence electrons. The Morgan fingerprint density at radius 1 is 1.64 bits per heavy atom. The monoisotopic (exact) mass is 271 g/mol. The van der Waals surface area contributed by atoms with Gasteiger partial charge in [-0.1, -0.05) is 36.4 Å². The SMILES string of the molecule is CC(C)(I)CCCC(=O)NO. The van der Waals surface area contributed by atoms with Crippen molar-refractivity contribution in [3.8, 4) is 0 Å². The maximum atomic E-state index is 10.5. The summed E-state index contributed by atoms with van der Waals surface area (Å²) in [5.41, 5.74) is 1.61. The second-order valence-electron chi connectivity index (χ2n) is 3.11. The van der Waals surface area contributed by atoms with Crippen molar-refractivity contribution < 1.29 is 10.0 Å². The summed E-state index contributed by atoms with van der Waals surface area (Å²) in [6, 6.07) is 0. The van der Waals surface area contributed by atoms with E-state index in [2.05, 4.69) is 36.4 Å². The zero-order valence-electron chi connectivity index (χ0n) is 6.85. The Morgan fingerprint density at radius 2 is 2.18 bits per heavy atom. The smallest absolute Gasteiger partial charge is 0.243 e. The second kappa shape index (κ2) is 4.92. The van der Waals surface area contributed by atoms with Crippen molar-refractivity contribution in [1.82, 2.24) is 5.48 Å². The van der Waals surface area contributed by atoms with E-state index in [9.17, 15) is 4.79 Å². The van der Waals surface area contributed by atoms with Gasteiger partial charge in [-0.05, 0) is 12.8 Å². The molecule has 0 unspecified atom stereocenters. The number of rotatable bonds is 4. The summed E-state index contributed by atoms with van der Waals surface area (Å²) in [6.07, 6.45) is 2.21. The Balaban J connectivity index is 3.35. The normalized spacial score (nSPS) is 11.3. The van der Waals surface area contributed by atoms with Crippen LogP contribution in [0.4, 0.5) is 0 Å². The fraction of sp³-hybridized carbons (Fsp3) is 0.857. The van der Waals surface area contributed by atoms with Crippen molar-refractivity contribution >= 4 is 28.5 Å². The highest BCUT2D eigenvalue weighted by Gasteiger charge is 2.12. The third-order valence-corrected chi connectivity index (χ3v) is 1.84. The lowest BCUT2D eigenvalue weighted by molar-refractivity contribution is -0.129. The van der Waals surface area contributed by atoms with E-state index in [0.717, 1.165) is 12.8 Å². The van der Waals surface area contributed by atoms with Gasteiger partial charge in [0.2, 0.25) is 5.91 Å². The lowest BCUT2D eigenvalue weighted by atomic mass is 10.1. The van der Waals surface area contributed by atoms with E-state index < -0.39 is 0 Å². The molecule has 0 aliphatic heterocycles. The number of halogens is 1. The molecular weight excluding hydrogens is 257 g/mol. The molecule has 0 radical (unpaired) electrons. The van der Waals surface area contributed by atoms with E-state index in [4.69, 9.17) is 5.21 Å². The molecule has 1 amide bonds. The van der Waals surface area contributed by atoms with Crippen LogP contribution in [0.1, 0.15) is 33.1 Å². The van der Waals surface area contributed by atoms with Gasteiger partial charge in [0.1, 0.15) is 0 Å². The maximum Gasteiger partial charge on any atom is 0.243 e. The van der Waals surface area contributed by atoms with Gasteiger partial charge in [-0.2, -0.15) is 0 Å². The molecule has 2 N–H and O–H groups in total. The number of hydroxylamine groups is 1. The minimum atomic E-state index is -0.300. The Hall–Kier alpha value is 0.160. The molecule has 0 bridgehead atoms. The molecule has 0 saturated heterocycles. The van der Waals surface area contributed by atoms with Crippen molar-refractivity contribution in [2.75, 3.05) is 0 Å². The van der Waals surface area contributed by atoms with Gasteiger partial charge in [-0.15, -0.1) is 0 Å². The first-order valence-electron chi connectivity index (χ1n) is 3.57. The van der Waals surface area contributed by atoms with Gasteiger partial charge in [0.25, 0.3) is 0 Å². The molecule has 0 aliphatic carbocycles. The average Bonchev–Trinajstić information content (AvgIpc) is 1.85. The summed E-state index contributed by atoms with van der Waals surface area (Å²) in [5, 5.41) is 8.16. The van der Waals surface area contributed by atoms with E-state index >= 15 is 0 Å². The van der Waals surface area contributed by atoms with Crippen LogP contribution in [-0.2, 0) is 4.79 Å². The van der Waals surface area contributed by atoms with E-state index in [-0.39, 0.29) is 9.33 Å². The number of alkyl halides is 1. The predicted molar refractivity (Wildman–Crippen MR) is 51.9 cm³/mol. The molecule has 0 aliphatic rings. The molecule has 0 spiro atoms. The zero-order chi connectivity index (χ0) is 8.91. The molecule has 11 heavy (non-hydrogen) atoms. The lowest BCUT2D eigenvalue weighted by Crippen LogP contribution is -2.19. The highest BCUT2D eigenvalue weighted by molar-refractivity contribution is 14.1. The largest absolute Gasteiger partial charge is 0.289 e. The minimum absolute atomic E-state index is 0.244. The van der Waals surface area contributed by atoms with Gasteiger partial charge >= 0.3 is 0 Å². The molecule has 0 aromatic heterocycles. The van der Waals surface area contributed by atoms with Crippen molar-refractivity contribution in [2.45, 2.75) is 36.5 Å². The average molecular weight is 271 g/mol. The maximum absolute atomic E-state index is 10.5. The Labute approximate surface area is 80.7 Å². The van der Waals surface area contributed by atoms with E-state index in [1.165, 1.54) is 0 Å². The van der Waals surface area contributed by atoms with Gasteiger partial charge in [-0.25, -0.2) is 5.48 Å². The zero-order valence-corrected chi connectivity index (χ0v) is 9.01. The molecule has 0 aromatic carbocycles. The molecule has 0 fully saturated rings. The van der Waals surface area contributed by atoms with Gasteiger partial charge in [0.15, 0.2) is 0 Å². The summed E-state index contributed by atoms with van der Waals surface area (Å²) in [5.74, 6) is -0.300. The topological polar surface area (TPSA) is 49.3 Å². The first-order chi connectivity index (χ1) is 4.95. The van der Waals surface area contributed by atoms with Crippen LogP contribution in [0.5, 0.6) is 0 Å². The Morgan fingerprint density at radius 3 is 2.55 bits per heavy atom. The standard InChI is InChI=1S/C7H14INO2/c1-7(2,8)5-3-4-6(10)9-11/h11H,3-5H2,1-2H3,(H,9,10). The number of carbonyl (C=O) groups excluding carboxylic acids is 1. The van der Waals surface area contributed by atoms with Crippen LogP contribution in [0.3, 0.4) is 0 Å². The van der Waals surface area contributed by atoms with Gasteiger partial charge in [0, 0.05) is 9.84 Å². The highest BCUT2D eigenvalue weighted by Crippen LogP contribution is 2.23. The van der Waals surface area contributed by atoms with Crippen LogP contribution in [-0.4, -0.2) is 14.5 Å². The first kappa shape index (κ1) is 11.2. The van der Waals surface area contributed by atoms with E-state index in [1.807, 2.05) is 0 Å². The Kier molecular flexibility index (Phi) is 4.99. The second-order valence-corrected chi connectivity index (χ2v) is 6.03. The molecular formula is C7H14INO2. The predicted octanol–water partition coefficient (Wildman–Crippen LogP) is 1.88. The van der Waals surface area contributed by atoms with Gasteiger partial charge in [0.05, 0.1) is 0 Å². The Bertz CT molecular complexity index is 131. The number of carbonyl (C=O) groups is 1. The molecule has 0 aromatic rings. The third-order valence-electron chi connectivity index (χ3n) is 1.30. The fourth-order valence-corrected chi connectivity index (χ4v) is 1.11. The van der Waals surface area contributed by atoms with Crippen LogP contribution < -0.4 is 5.48 Å². The third kappa shape index (κ3) is 8.06. The number of nitrogens with one attached hydrogen (secondary N) is 1. The summed E-state index contributed by atoms with van der Waals surface area (Å²) >= 11 is 2.34. The summed E-state index contributed by atoms with van der Waals surface area (Å²) in [7, 11) is 0. The van der Waals surface area contributed by atoms with Crippen LogP contribution >= 0.6 is 22.6 Å². The lowest BCUT2D eigenvalue weighted by Gasteiger charge is -2.14. The minimum Gasteiger partial charge on any atom is -0.289 e. The molecule has 0 heterocycles. The van der Waals surface area contributed by atoms with Gasteiger partial charge in [-0.3, -0.25) is 10.0 Å². The quantitative estimate of drug-likeness (QED) is 0.355. The molecule has 0 atom stereocenters. The van der Waals surface area contributed by atoms with Crippen LogP contribution in [0.25, 0.3) is 0 Å². The number of hydrogen-bond donors (Lipinski definition) is 2. The van der Waals surface area contributed by atoms with E-state index in [1.54, 1.807) is 5.48 Å². The first-order valence-corrected chi connectivity index (χ1v) is 4.65. The van der Waals surface area contributed by atoms with Crippen LogP contribution in [0, 0.1) is 0 Å². The molecule has 0 saturated carbocycles. The summed E-state index contributed by atoms with van der Waals surface area (Å²) in [6.45, 7) is 4.23. The van der Waals surface area contributed by atoms with Crippen molar-refractivity contribution in [2.24, 2.45) is 0 Å². The van der Waals surface area contributed by atoms with Gasteiger partial charge < -0.3 is 0 Å². The van der Waals surface area contributed by atoms with Crippen LogP contribution in [0.2, 0.25) is 0 Å². The van der Waals surface area contributed by atoms with Crippen molar-refractivity contribution in [1.29, 1.82) is 0 Å². The highest BCUT2D eigenvalue weighted by atomic mass is 127. The summed E-state index contributed by atoms with van der Waals surface area (Å²) in [4.78, 5) is 10.5. The molecule has 3 nitrogen and oxygen atoms in total. The van der Waals surface area contributed by atoms with Crippen molar-refractivity contribution in [3.63, 3.8) is 0 Å². The summed E-state index contributed by atoms with van der Waals surface area (Å²) < 4.78 is 0.244. The van der Waals surface area contributed by atoms with E-state index in [0.29, 0.717) is 6.42 Å². The van der Waals surface area contributed by atoms with Crippen molar-refractivity contribution in [3.05, 3.63) is 0 Å². The fourth-order valence-electron chi connectivity index (χ4n) is 0.725. The number of hydrogen-bond acceptors (Lipinski definition) is 2. The number of amides is 1.